The molecule has 2 aromatic rings. The molecule has 0 radical (unpaired) electrons. The third kappa shape index (κ3) is 8.64. The summed E-state index contributed by atoms with van der Waals surface area (Å²) in [4.78, 5) is 29.5. The first-order chi connectivity index (χ1) is 15.0. The van der Waals surface area contributed by atoms with Crippen molar-refractivity contribution in [3.63, 3.8) is 0 Å². The number of aryl methyl sites for hydroxylation is 1. The van der Waals surface area contributed by atoms with Crippen molar-refractivity contribution in [3.05, 3.63) is 48.2 Å². The zero-order valence-corrected chi connectivity index (χ0v) is 19.5. The smallest absolute Gasteiger partial charge is 0.242 e. The summed E-state index contributed by atoms with van der Waals surface area (Å²) < 4.78 is 7.49. The van der Waals surface area contributed by atoms with E-state index in [2.05, 4.69) is 6.92 Å². The maximum absolute atomic E-state index is 13.2. The van der Waals surface area contributed by atoms with Crippen molar-refractivity contribution in [2.45, 2.75) is 78.3 Å². The van der Waals surface area contributed by atoms with Gasteiger partial charge < -0.3 is 18.8 Å². The van der Waals surface area contributed by atoms with Crippen molar-refractivity contribution in [1.29, 1.82) is 0 Å². The van der Waals surface area contributed by atoms with E-state index in [1.54, 1.807) is 16.1 Å². The molecule has 0 aliphatic heterocycles. The lowest BCUT2D eigenvalue weighted by atomic mass is 10.1. The fraction of sp³-hybridized carbons (Fsp3) is 0.600. The normalized spacial score (nSPS) is 10.9. The van der Waals surface area contributed by atoms with Crippen LogP contribution in [0.15, 0.2) is 41.1 Å². The van der Waals surface area contributed by atoms with Gasteiger partial charge in [0.1, 0.15) is 5.76 Å². The molecule has 2 heterocycles. The predicted molar refractivity (Wildman–Crippen MR) is 123 cm³/mol. The molecule has 0 bridgehead atoms. The third-order valence-corrected chi connectivity index (χ3v) is 5.60. The van der Waals surface area contributed by atoms with E-state index < -0.39 is 0 Å². The number of carbonyl (C=O) groups excluding carboxylic acids is 2. The van der Waals surface area contributed by atoms with Crippen molar-refractivity contribution in [2.24, 2.45) is 7.05 Å². The van der Waals surface area contributed by atoms with Crippen LogP contribution in [0.5, 0.6) is 0 Å². The lowest BCUT2D eigenvalue weighted by Gasteiger charge is -2.27. The van der Waals surface area contributed by atoms with Crippen molar-refractivity contribution < 1.29 is 14.0 Å². The lowest BCUT2D eigenvalue weighted by molar-refractivity contribution is -0.141. The Morgan fingerprint density at radius 2 is 1.68 bits per heavy atom. The monoisotopic (exact) mass is 429 g/mol. The number of rotatable bonds is 15. The van der Waals surface area contributed by atoms with E-state index >= 15 is 0 Å². The molecule has 2 rings (SSSR count). The molecule has 31 heavy (non-hydrogen) atoms. The zero-order valence-electron chi connectivity index (χ0n) is 19.5. The first kappa shape index (κ1) is 24.8. The Morgan fingerprint density at radius 1 is 0.903 bits per heavy atom. The fourth-order valence-corrected chi connectivity index (χ4v) is 3.72. The molecule has 2 amide bonds. The highest BCUT2D eigenvalue weighted by Crippen LogP contribution is 2.13. The van der Waals surface area contributed by atoms with Crippen LogP contribution in [0.25, 0.3) is 0 Å². The Morgan fingerprint density at radius 3 is 2.32 bits per heavy atom. The van der Waals surface area contributed by atoms with Crippen LogP contribution in [-0.2, 0) is 29.7 Å². The highest BCUT2D eigenvalue weighted by Gasteiger charge is 2.22. The summed E-state index contributed by atoms with van der Waals surface area (Å²) in [5.41, 5.74) is 1.04. The van der Waals surface area contributed by atoms with Gasteiger partial charge in [-0.2, -0.15) is 0 Å². The summed E-state index contributed by atoms with van der Waals surface area (Å²) in [7, 11) is 1.97. The molecule has 0 aromatic carbocycles. The second-order valence-corrected chi connectivity index (χ2v) is 8.27. The van der Waals surface area contributed by atoms with Crippen molar-refractivity contribution in [2.75, 3.05) is 13.1 Å². The van der Waals surface area contributed by atoms with Crippen molar-refractivity contribution in [1.82, 2.24) is 14.4 Å². The zero-order chi connectivity index (χ0) is 22.5. The van der Waals surface area contributed by atoms with Crippen LogP contribution >= 0.6 is 0 Å². The van der Waals surface area contributed by atoms with Gasteiger partial charge in [0.25, 0.3) is 0 Å². The molecule has 0 fully saturated rings. The number of hydrogen-bond acceptors (Lipinski definition) is 3. The van der Waals surface area contributed by atoms with Gasteiger partial charge in [-0.05, 0) is 37.1 Å². The van der Waals surface area contributed by atoms with Crippen LogP contribution in [0.3, 0.4) is 0 Å². The third-order valence-electron chi connectivity index (χ3n) is 5.60. The summed E-state index contributed by atoms with van der Waals surface area (Å²) in [5, 5.41) is 0. The summed E-state index contributed by atoms with van der Waals surface area (Å²) in [6, 6.07) is 7.68. The van der Waals surface area contributed by atoms with Crippen LogP contribution in [0.1, 0.15) is 76.7 Å². The van der Waals surface area contributed by atoms with Gasteiger partial charge in [0, 0.05) is 31.9 Å². The Hall–Kier alpha value is -2.50. The molecule has 6 nitrogen and oxygen atoms in total. The van der Waals surface area contributed by atoms with E-state index in [4.69, 9.17) is 4.42 Å². The standard InChI is InChI=1S/C25H39N3O3/c1-4-6-7-8-9-10-15-24(29)27(16-5-2)21-25(30)28(20-23-14-12-18-31-23)19-22-13-11-17-26(22)3/h11-14,17-18H,4-10,15-16,19-21H2,1-3H3. The second kappa shape index (κ2) is 13.7. The molecule has 0 saturated heterocycles. The van der Waals surface area contributed by atoms with E-state index in [1.165, 1.54) is 25.7 Å². The van der Waals surface area contributed by atoms with Crippen LogP contribution in [0, 0.1) is 0 Å². The highest BCUT2D eigenvalue weighted by atomic mass is 16.3. The average Bonchev–Trinajstić information content (AvgIpc) is 3.41. The summed E-state index contributed by atoms with van der Waals surface area (Å²) >= 11 is 0. The second-order valence-electron chi connectivity index (χ2n) is 8.27. The van der Waals surface area contributed by atoms with Crippen LogP contribution < -0.4 is 0 Å². The van der Waals surface area contributed by atoms with Gasteiger partial charge in [0.2, 0.25) is 11.8 Å². The van der Waals surface area contributed by atoms with E-state index in [0.29, 0.717) is 26.1 Å². The minimum atomic E-state index is -0.0534. The number of carbonyl (C=O) groups is 2. The number of hydrogen-bond donors (Lipinski definition) is 0. The van der Waals surface area contributed by atoms with Gasteiger partial charge in [-0.25, -0.2) is 0 Å². The number of unbranched alkanes of at least 4 members (excludes halogenated alkanes) is 5. The highest BCUT2D eigenvalue weighted by molar-refractivity contribution is 5.84. The molecular weight excluding hydrogens is 390 g/mol. The van der Waals surface area contributed by atoms with Crippen LogP contribution in [0.2, 0.25) is 0 Å². The van der Waals surface area contributed by atoms with Crippen LogP contribution in [0.4, 0.5) is 0 Å². The van der Waals surface area contributed by atoms with Gasteiger partial charge in [-0.15, -0.1) is 0 Å². The number of furan rings is 1. The van der Waals surface area contributed by atoms with Gasteiger partial charge in [0.05, 0.1) is 25.9 Å². The Balaban J connectivity index is 1.96. The number of nitrogens with zero attached hydrogens (tertiary/aromatic N) is 3. The molecule has 0 atom stereocenters. The minimum absolute atomic E-state index is 0.0534. The number of aromatic nitrogens is 1. The lowest BCUT2D eigenvalue weighted by Crippen LogP contribution is -2.43. The van der Waals surface area contributed by atoms with E-state index in [-0.39, 0.29) is 18.4 Å². The van der Waals surface area contributed by atoms with Gasteiger partial charge in [-0.1, -0.05) is 46.0 Å². The molecule has 2 aromatic heterocycles. The average molecular weight is 430 g/mol. The first-order valence-electron chi connectivity index (χ1n) is 11.7. The Bertz CT molecular complexity index is 767. The van der Waals surface area contributed by atoms with Gasteiger partial charge in [-0.3, -0.25) is 9.59 Å². The quantitative estimate of drug-likeness (QED) is 0.369. The fourth-order valence-electron chi connectivity index (χ4n) is 3.72. The van der Waals surface area contributed by atoms with Crippen molar-refractivity contribution in [3.8, 4) is 0 Å². The van der Waals surface area contributed by atoms with E-state index in [9.17, 15) is 9.59 Å². The maximum Gasteiger partial charge on any atom is 0.242 e. The topological polar surface area (TPSA) is 58.7 Å². The minimum Gasteiger partial charge on any atom is -0.467 e. The van der Waals surface area contributed by atoms with E-state index in [0.717, 1.165) is 30.7 Å². The summed E-state index contributed by atoms with van der Waals surface area (Å²) in [6.07, 6.45) is 11.8. The molecule has 6 heteroatoms. The van der Waals surface area contributed by atoms with Gasteiger partial charge in [0.15, 0.2) is 0 Å². The molecule has 0 N–H and O–H groups in total. The predicted octanol–water partition coefficient (Wildman–Crippen LogP) is 5.14. The molecule has 0 saturated carbocycles. The molecule has 172 valence electrons. The molecular formula is C25H39N3O3. The SMILES string of the molecule is CCCCCCCCC(=O)N(CCC)CC(=O)N(Cc1ccco1)Cc1cccn1C. The molecule has 0 aliphatic carbocycles. The molecule has 0 aliphatic rings. The Kier molecular flexibility index (Phi) is 11.0. The molecule has 0 spiro atoms. The van der Waals surface area contributed by atoms with Gasteiger partial charge >= 0.3 is 0 Å². The maximum atomic E-state index is 13.2. The Labute approximate surface area is 187 Å². The summed E-state index contributed by atoms with van der Waals surface area (Å²) in [5.74, 6) is 0.771. The molecule has 0 unspecified atom stereocenters. The summed E-state index contributed by atoms with van der Waals surface area (Å²) in [6.45, 7) is 5.85. The van der Waals surface area contributed by atoms with Crippen LogP contribution in [-0.4, -0.2) is 39.3 Å². The largest absolute Gasteiger partial charge is 0.467 e. The van der Waals surface area contributed by atoms with E-state index in [1.807, 2.05) is 49.0 Å². The van der Waals surface area contributed by atoms with Crippen molar-refractivity contribution >= 4 is 11.8 Å². The first-order valence-corrected chi connectivity index (χ1v) is 11.7. The number of amides is 2.